The molecule has 1 heterocycles. The first-order valence-corrected chi connectivity index (χ1v) is 13.6. The Labute approximate surface area is 234 Å². The van der Waals surface area contributed by atoms with Crippen LogP contribution in [0.1, 0.15) is 53.4 Å². The Bertz CT molecular complexity index is 1230. The molecule has 1 aromatic rings. The van der Waals surface area contributed by atoms with E-state index in [1.807, 2.05) is 45.9 Å². The molecule has 2 rings (SSSR count). The minimum atomic E-state index is -0.688. The molecule has 1 fully saturated rings. The van der Waals surface area contributed by atoms with Gasteiger partial charge in [0, 0.05) is 11.1 Å². The fourth-order valence-corrected chi connectivity index (χ4v) is 4.04. The molecule has 0 bridgehead atoms. The summed E-state index contributed by atoms with van der Waals surface area (Å²) in [6.45, 7) is 11.4. The van der Waals surface area contributed by atoms with Crippen LogP contribution in [0.2, 0.25) is 0 Å². The Morgan fingerprint density at radius 2 is 1.95 bits per heavy atom. The summed E-state index contributed by atoms with van der Waals surface area (Å²) in [6, 6.07) is 0. The monoisotopic (exact) mass is 555 g/mol. The van der Waals surface area contributed by atoms with Crippen molar-refractivity contribution in [1.82, 2.24) is 10.2 Å². The molecule has 0 saturated heterocycles. The molecule has 0 atom stereocenters. The third-order valence-electron chi connectivity index (χ3n) is 5.55. The zero-order valence-corrected chi connectivity index (χ0v) is 24.1. The first-order valence-electron chi connectivity index (χ1n) is 12.8. The maximum absolute atomic E-state index is 15.6. The van der Waals surface area contributed by atoms with Gasteiger partial charge in [-0.1, -0.05) is 72.8 Å². The number of carbonyl (C=O) groups excluding carboxylic acids is 1. The van der Waals surface area contributed by atoms with E-state index in [9.17, 15) is 9.90 Å². The van der Waals surface area contributed by atoms with Crippen LogP contribution < -0.4 is 10.1 Å². The molecule has 0 aromatic carbocycles. The number of hydrogen-bond acceptors (Lipinski definition) is 7. The predicted molar refractivity (Wildman–Crippen MR) is 156 cm³/mol. The lowest BCUT2D eigenvalue weighted by Crippen LogP contribution is -2.15. The summed E-state index contributed by atoms with van der Waals surface area (Å²) in [5, 5.41) is 21.4. The van der Waals surface area contributed by atoms with Gasteiger partial charge in [0.25, 0.3) is 11.1 Å². The number of carbonyl (C=O) groups is 1. The van der Waals surface area contributed by atoms with Crippen LogP contribution in [0.5, 0.6) is 5.19 Å². The van der Waals surface area contributed by atoms with Crippen molar-refractivity contribution in [3.8, 4) is 5.19 Å². The number of allylic oxidation sites excluding steroid dienone is 9. The number of halogens is 1. The fourth-order valence-electron chi connectivity index (χ4n) is 3.43. The van der Waals surface area contributed by atoms with Crippen LogP contribution >= 0.6 is 11.3 Å². The van der Waals surface area contributed by atoms with E-state index in [0.717, 1.165) is 35.3 Å². The number of amides is 1. The average Bonchev–Trinajstić information content (AvgIpc) is 3.50. The number of aromatic nitrogens is 2. The maximum atomic E-state index is 15.6. The summed E-state index contributed by atoms with van der Waals surface area (Å²) >= 11 is 1.07. The van der Waals surface area contributed by atoms with Crippen molar-refractivity contribution >= 4 is 22.4 Å². The van der Waals surface area contributed by atoms with Crippen molar-refractivity contribution in [2.45, 2.75) is 59.0 Å². The molecular formula is C30H38FN3O4S. The summed E-state index contributed by atoms with van der Waals surface area (Å²) in [7, 11) is 1.36. The van der Waals surface area contributed by atoms with Crippen molar-refractivity contribution in [3.63, 3.8) is 0 Å². The molecule has 1 amide bonds. The van der Waals surface area contributed by atoms with E-state index in [-0.39, 0.29) is 22.0 Å². The SMILES string of the molecule is C=C\C=C/C(OC)=C(F)/C(C=C(C)C)=C(/C=C/CC)C(=O)Nc1nnc(OCC/C=C\C(=C/C)C2(O)CC2)s1. The zero-order valence-electron chi connectivity index (χ0n) is 23.3. The quantitative estimate of drug-likeness (QED) is 0.104. The molecule has 0 aliphatic heterocycles. The minimum absolute atomic E-state index is 0.0360. The van der Waals surface area contributed by atoms with Crippen molar-refractivity contribution in [2.24, 2.45) is 0 Å². The highest BCUT2D eigenvalue weighted by Gasteiger charge is 2.42. The number of nitrogens with zero attached hydrogens (tertiary/aromatic N) is 2. The smallest absolute Gasteiger partial charge is 0.295 e. The van der Waals surface area contributed by atoms with Gasteiger partial charge in [-0.05, 0) is 69.4 Å². The highest BCUT2D eigenvalue weighted by atomic mass is 32.1. The molecule has 1 aromatic heterocycles. The summed E-state index contributed by atoms with van der Waals surface area (Å²) in [4.78, 5) is 13.3. The average molecular weight is 556 g/mol. The summed E-state index contributed by atoms with van der Waals surface area (Å²) < 4.78 is 26.5. The van der Waals surface area contributed by atoms with Crippen molar-refractivity contribution in [1.29, 1.82) is 0 Å². The van der Waals surface area contributed by atoms with Crippen LogP contribution in [0.25, 0.3) is 0 Å². The number of ether oxygens (including phenoxy) is 2. The Kier molecular flexibility index (Phi) is 12.8. The Morgan fingerprint density at radius 1 is 1.21 bits per heavy atom. The summed E-state index contributed by atoms with van der Waals surface area (Å²) in [6.07, 6.45) is 18.1. The standard InChI is InChI=1S/C30H38FN3O4S/c1-7-10-15-23(24(20-21(4)5)26(31)25(37-6)16-11-8-2)27(35)32-28-33-34-29(39-28)38-19-13-12-14-22(9-3)30(36)17-18-30/h8-12,14-16,20,36H,2,7,13,17-19H2,1,3-6H3,(H,32,33,35)/b14-12-,15-10+,16-11-,22-9+,24-23-,26-25+. The van der Waals surface area contributed by atoms with Crippen molar-refractivity contribution in [3.05, 3.63) is 95.1 Å². The number of aliphatic hydroxyl groups is 1. The van der Waals surface area contributed by atoms with Crippen LogP contribution in [0.3, 0.4) is 0 Å². The van der Waals surface area contributed by atoms with Gasteiger partial charge in [-0.3, -0.25) is 10.1 Å². The second-order valence-corrected chi connectivity index (χ2v) is 9.92. The van der Waals surface area contributed by atoms with Gasteiger partial charge < -0.3 is 14.6 Å². The zero-order chi connectivity index (χ0) is 28.8. The highest BCUT2D eigenvalue weighted by molar-refractivity contribution is 7.17. The van der Waals surface area contributed by atoms with Gasteiger partial charge in [0.05, 0.1) is 19.3 Å². The first kappa shape index (κ1) is 31.7. The molecule has 0 radical (unpaired) electrons. The van der Waals surface area contributed by atoms with Gasteiger partial charge in [0.2, 0.25) is 5.13 Å². The van der Waals surface area contributed by atoms with Gasteiger partial charge in [0.1, 0.15) is 0 Å². The second-order valence-electron chi connectivity index (χ2n) is 8.98. The molecule has 9 heteroatoms. The Hall–Kier alpha value is -3.56. The lowest BCUT2D eigenvalue weighted by Gasteiger charge is -2.11. The van der Waals surface area contributed by atoms with E-state index >= 15 is 4.39 Å². The topological polar surface area (TPSA) is 93.6 Å². The maximum Gasteiger partial charge on any atom is 0.295 e. The molecule has 210 valence electrons. The molecule has 2 N–H and O–H groups in total. The molecule has 1 saturated carbocycles. The van der Waals surface area contributed by atoms with Crippen molar-refractivity contribution < 1.29 is 23.8 Å². The third-order valence-corrected chi connectivity index (χ3v) is 6.30. The van der Waals surface area contributed by atoms with Crippen LogP contribution in [-0.2, 0) is 9.53 Å². The first-order chi connectivity index (χ1) is 18.7. The molecule has 1 aliphatic carbocycles. The molecule has 7 nitrogen and oxygen atoms in total. The van der Waals surface area contributed by atoms with Crippen LogP contribution in [0.4, 0.5) is 9.52 Å². The normalized spacial score (nSPS) is 16.2. The van der Waals surface area contributed by atoms with E-state index in [1.54, 1.807) is 24.3 Å². The van der Waals surface area contributed by atoms with Crippen LogP contribution in [-0.4, -0.2) is 40.5 Å². The van der Waals surface area contributed by atoms with Crippen LogP contribution in [0, 0.1) is 0 Å². The van der Waals surface area contributed by atoms with Crippen molar-refractivity contribution in [2.75, 3.05) is 19.0 Å². The number of hydrogen-bond donors (Lipinski definition) is 2. The predicted octanol–water partition coefficient (Wildman–Crippen LogP) is 7.07. The number of methoxy groups -OCH3 is 1. The fraction of sp³-hybridized carbons (Fsp3) is 0.367. The lowest BCUT2D eigenvalue weighted by molar-refractivity contribution is -0.112. The van der Waals surface area contributed by atoms with E-state index < -0.39 is 17.3 Å². The van der Waals surface area contributed by atoms with Crippen LogP contribution in [0.15, 0.2) is 95.1 Å². The second kappa shape index (κ2) is 15.8. The summed E-state index contributed by atoms with van der Waals surface area (Å²) in [5.41, 5.74) is 1.23. The largest absolute Gasteiger partial charge is 0.494 e. The van der Waals surface area contributed by atoms with Gasteiger partial charge in [-0.2, -0.15) is 0 Å². The number of anilines is 1. The van der Waals surface area contributed by atoms with E-state index in [2.05, 4.69) is 22.1 Å². The van der Waals surface area contributed by atoms with Gasteiger partial charge in [0.15, 0.2) is 11.6 Å². The number of rotatable bonds is 15. The van der Waals surface area contributed by atoms with E-state index in [4.69, 9.17) is 9.47 Å². The Balaban J connectivity index is 2.20. The molecule has 0 unspecified atom stereocenters. The Morgan fingerprint density at radius 3 is 2.54 bits per heavy atom. The minimum Gasteiger partial charge on any atom is -0.494 e. The van der Waals surface area contributed by atoms with Gasteiger partial charge >= 0.3 is 0 Å². The summed E-state index contributed by atoms with van der Waals surface area (Å²) in [5.74, 6) is -1.27. The molecule has 39 heavy (non-hydrogen) atoms. The third kappa shape index (κ3) is 9.92. The highest BCUT2D eigenvalue weighted by Crippen LogP contribution is 2.42. The van der Waals surface area contributed by atoms with E-state index in [1.165, 1.54) is 19.3 Å². The van der Waals surface area contributed by atoms with E-state index in [0.29, 0.717) is 24.6 Å². The molecule has 0 spiro atoms. The molecular weight excluding hydrogens is 517 g/mol. The number of nitrogens with one attached hydrogen (secondary N) is 1. The lowest BCUT2D eigenvalue weighted by atomic mass is 10.0. The van der Waals surface area contributed by atoms with Gasteiger partial charge in [-0.15, -0.1) is 5.10 Å². The molecule has 1 aliphatic rings. The van der Waals surface area contributed by atoms with Gasteiger partial charge in [-0.25, -0.2) is 4.39 Å².